The van der Waals surface area contributed by atoms with E-state index in [1.54, 1.807) is 0 Å². The summed E-state index contributed by atoms with van der Waals surface area (Å²) < 4.78 is 3.71. The molecule has 0 amide bonds. The number of hydrogen-bond acceptors (Lipinski definition) is 6. The molecule has 14 heteroatoms. The molecule has 0 saturated heterocycles. The smallest absolute Gasteiger partial charge is 0.258 e. The van der Waals surface area contributed by atoms with Crippen LogP contribution in [0.4, 0.5) is 11.4 Å². The molecule has 0 aliphatic heterocycles. The fraction of sp³-hybridized carbons (Fsp3) is 0.143. The van der Waals surface area contributed by atoms with E-state index in [0.29, 0.717) is 13.1 Å². The van der Waals surface area contributed by atoms with E-state index in [1.165, 1.54) is 9.36 Å². The average Bonchev–Trinajstić information content (AvgIpc) is 3.03. The Labute approximate surface area is 190 Å². The van der Waals surface area contributed by atoms with Crippen molar-refractivity contribution in [3.05, 3.63) is 74.0 Å². The molecule has 2 heterocycles. The SMILES string of the molecule is O=[N+]([O-])c1c(Br)nn(Cc2cccc(Cn3nc(Br)c([N+](=O)[O-])c3Br)c2)c1Br. The first kappa shape index (κ1) is 21.1. The monoisotopic (exact) mass is 640 g/mol. The van der Waals surface area contributed by atoms with Crippen LogP contribution in [-0.4, -0.2) is 29.4 Å². The Morgan fingerprint density at radius 2 is 1.21 bits per heavy atom. The zero-order chi connectivity index (χ0) is 20.6. The van der Waals surface area contributed by atoms with Gasteiger partial charge in [-0.15, -0.1) is 0 Å². The zero-order valence-electron chi connectivity index (χ0n) is 13.6. The van der Waals surface area contributed by atoms with E-state index in [1.807, 2.05) is 24.3 Å². The van der Waals surface area contributed by atoms with Crippen molar-refractivity contribution in [3.8, 4) is 0 Å². The van der Waals surface area contributed by atoms with E-state index in [0.717, 1.165) is 11.1 Å². The van der Waals surface area contributed by atoms with Crippen molar-refractivity contribution in [3.63, 3.8) is 0 Å². The van der Waals surface area contributed by atoms with Gasteiger partial charge in [-0.3, -0.25) is 20.2 Å². The first-order valence-electron chi connectivity index (χ1n) is 7.39. The van der Waals surface area contributed by atoms with E-state index in [4.69, 9.17) is 0 Å². The van der Waals surface area contributed by atoms with Gasteiger partial charge in [0.05, 0.1) is 22.9 Å². The van der Waals surface area contributed by atoms with Crippen molar-refractivity contribution >= 4 is 75.1 Å². The predicted octanol–water partition coefficient (Wildman–Crippen LogP) is 5.04. The van der Waals surface area contributed by atoms with Crippen LogP contribution in [0.1, 0.15) is 11.1 Å². The fourth-order valence-electron chi connectivity index (χ4n) is 2.49. The molecule has 0 bridgehead atoms. The third kappa shape index (κ3) is 4.18. The van der Waals surface area contributed by atoms with E-state index >= 15 is 0 Å². The van der Waals surface area contributed by atoms with E-state index in [9.17, 15) is 20.2 Å². The molecule has 0 N–H and O–H groups in total. The molecule has 146 valence electrons. The maximum atomic E-state index is 11.1. The summed E-state index contributed by atoms with van der Waals surface area (Å²) in [5, 5.41) is 30.5. The highest BCUT2D eigenvalue weighted by atomic mass is 79.9. The lowest BCUT2D eigenvalue weighted by Crippen LogP contribution is -2.05. The minimum Gasteiger partial charge on any atom is -0.258 e. The standard InChI is InChI=1S/C14H8Br4N6O4/c15-11-9(23(25)26)13(17)21(19-11)5-7-2-1-3-8(4-7)6-22-14(18)10(24(27)28)12(16)20-22/h1-4H,5-6H2. The van der Waals surface area contributed by atoms with Crippen LogP contribution in [0.2, 0.25) is 0 Å². The second-order valence-corrected chi connectivity index (χ2v) is 8.51. The largest absolute Gasteiger partial charge is 0.335 e. The molecule has 0 aliphatic rings. The Morgan fingerprint density at radius 3 is 1.54 bits per heavy atom. The Balaban J connectivity index is 1.86. The minimum atomic E-state index is -0.520. The van der Waals surface area contributed by atoms with Gasteiger partial charge in [-0.2, -0.15) is 10.2 Å². The van der Waals surface area contributed by atoms with E-state index in [2.05, 4.69) is 73.9 Å². The lowest BCUT2D eigenvalue weighted by Gasteiger charge is -2.07. The molecule has 0 unspecified atom stereocenters. The molecule has 0 fully saturated rings. The average molecular weight is 644 g/mol. The van der Waals surface area contributed by atoms with Crippen LogP contribution in [0, 0.1) is 20.2 Å². The van der Waals surface area contributed by atoms with Gasteiger partial charge < -0.3 is 0 Å². The number of aromatic nitrogens is 4. The molecule has 10 nitrogen and oxygen atoms in total. The molecule has 1 aromatic carbocycles. The summed E-state index contributed by atoms with van der Waals surface area (Å²) in [5.41, 5.74) is 1.41. The van der Waals surface area contributed by atoms with Crippen LogP contribution in [0.5, 0.6) is 0 Å². The Morgan fingerprint density at radius 1 is 0.821 bits per heavy atom. The molecule has 0 radical (unpaired) electrons. The van der Waals surface area contributed by atoms with Gasteiger partial charge in [-0.1, -0.05) is 24.3 Å². The Bertz CT molecular complexity index is 1010. The van der Waals surface area contributed by atoms with Crippen LogP contribution < -0.4 is 0 Å². The van der Waals surface area contributed by atoms with Gasteiger partial charge in [-0.05, 0) is 74.8 Å². The van der Waals surface area contributed by atoms with Crippen molar-refractivity contribution in [1.29, 1.82) is 0 Å². The minimum absolute atomic E-state index is 0.137. The van der Waals surface area contributed by atoms with Crippen LogP contribution >= 0.6 is 63.7 Å². The molecular weight excluding hydrogens is 636 g/mol. The second kappa shape index (κ2) is 8.39. The quantitative estimate of drug-likeness (QED) is 0.274. The Kier molecular flexibility index (Phi) is 6.31. The first-order valence-corrected chi connectivity index (χ1v) is 10.6. The van der Waals surface area contributed by atoms with Gasteiger partial charge >= 0.3 is 11.4 Å². The van der Waals surface area contributed by atoms with Crippen molar-refractivity contribution in [2.75, 3.05) is 0 Å². The summed E-state index contributed by atoms with van der Waals surface area (Å²) >= 11 is 12.6. The second-order valence-electron chi connectivity index (χ2n) is 5.51. The molecule has 0 spiro atoms. The molecule has 0 aliphatic carbocycles. The van der Waals surface area contributed by atoms with Crippen LogP contribution in [0.15, 0.2) is 42.7 Å². The summed E-state index contributed by atoms with van der Waals surface area (Å²) in [7, 11) is 0. The number of benzene rings is 1. The van der Waals surface area contributed by atoms with Crippen LogP contribution in [0.3, 0.4) is 0 Å². The molecule has 2 aromatic heterocycles. The lowest BCUT2D eigenvalue weighted by atomic mass is 10.1. The summed E-state index contributed by atoms with van der Waals surface area (Å²) in [4.78, 5) is 21.2. The lowest BCUT2D eigenvalue weighted by molar-refractivity contribution is -0.386. The number of nitrogens with zero attached hydrogens (tertiary/aromatic N) is 6. The van der Waals surface area contributed by atoms with Gasteiger partial charge in [0.2, 0.25) is 9.21 Å². The molecule has 0 saturated carbocycles. The van der Waals surface area contributed by atoms with E-state index in [-0.39, 0.29) is 29.8 Å². The normalized spacial score (nSPS) is 11.0. The van der Waals surface area contributed by atoms with Gasteiger partial charge in [0.15, 0.2) is 9.21 Å². The maximum Gasteiger partial charge on any atom is 0.335 e. The third-order valence-electron chi connectivity index (χ3n) is 3.67. The van der Waals surface area contributed by atoms with Crippen LogP contribution in [0.25, 0.3) is 0 Å². The molecule has 3 rings (SSSR count). The van der Waals surface area contributed by atoms with Crippen molar-refractivity contribution in [2.24, 2.45) is 0 Å². The van der Waals surface area contributed by atoms with Crippen molar-refractivity contribution < 1.29 is 9.85 Å². The topological polar surface area (TPSA) is 122 Å². The van der Waals surface area contributed by atoms with Gasteiger partial charge in [-0.25, -0.2) is 9.36 Å². The van der Waals surface area contributed by atoms with Crippen molar-refractivity contribution in [2.45, 2.75) is 13.1 Å². The highest BCUT2D eigenvalue weighted by Gasteiger charge is 2.26. The maximum absolute atomic E-state index is 11.1. The first-order chi connectivity index (χ1) is 13.2. The Hall–Kier alpha value is -1.64. The van der Waals surface area contributed by atoms with Gasteiger partial charge in [0.1, 0.15) is 0 Å². The molecule has 3 aromatic rings. The van der Waals surface area contributed by atoms with Gasteiger partial charge in [0.25, 0.3) is 0 Å². The highest BCUT2D eigenvalue weighted by molar-refractivity contribution is 9.11. The summed E-state index contributed by atoms with van der Waals surface area (Å²) in [6.45, 7) is 0.593. The predicted molar refractivity (Wildman–Crippen MR) is 113 cm³/mol. The number of halogens is 4. The summed E-state index contributed by atoms with van der Waals surface area (Å²) in [6.07, 6.45) is 0. The number of nitro groups is 2. The molecular formula is C14H8Br4N6O4. The number of hydrogen-bond donors (Lipinski definition) is 0. The number of rotatable bonds is 6. The fourth-order valence-corrected chi connectivity index (χ4v) is 5.15. The molecule has 28 heavy (non-hydrogen) atoms. The van der Waals surface area contributed by atoms with Crippen LogP contribution in [-0.2, 0) is 13.1 Å². The summed E-state index contributed by atoms with van der Waals surface area (Å²) in [6, 6.07) is 7.41. The van der Waals surface area contributed by atoms with E-state index < -0.39 is 9.85 Å². The third-order valence-corrected chi connectivity index (χ3v) is 6.31. The van der Waals surface area contributed by atoms with Crippen molar-refractivity contribution in [1.82, 2.24) is 19.6 Å². The zero-order valence-corrected chi connectivity index (χ0v) is 19.9. The van der Waals surface area contributed by atoms with Gasteiger partial charge in [0, 0.05) is 0 Å². The molecule has 0 atom stereocenters. The highest BCUT2D eigenvalue weighted by Crippen LogP contribution is 2.34. The summed E-state index contributed by atoms with van der Waals surface area (Å²) in [5.74, 6) is 0.